The normalized spacial score (nSPS) is 9.57. The predicted molar refractivity (Wildman–Crippen MR) is 60.2 cm³/mol. The van der Waals surface area contributed by atoms with Crippen molar-refractivity contribution in [1.82, 2.24) is 4.98 Å². The molecule has 0 amide bonds. The van der Waals surface area contributed by atoms with E-state index in [-0.39, 0.29) is 6.10 Å². The van der Waals surface area contributed by atoms with E-state index in [1.165, 1.54) is 0 Å². The maximum Gasteiger partial charge on any atom is 0.0735 e. The van der Waals surface area contributed by atoms with Gasteiger partial charge in [0, 0.05) is 11.9 Å². The molecule has 2 nitrogen and oxygen atoms in total. The lowest BCUT2D eigenvalue weighted by Gasteiger charge is -2.06. The summed E-state index contributed by atoms with van der Waals surface area (Å²) in [5.41, 5.74) is 2.18. The zero-order valence-electron chi connectivity index (χ0n) is 9.87. The molecule has 0 saturated heterocycles. The molecule has 1 aromatic rings. The average molecular weight is 195 g/mol. The molecule has 0 aliphatic heterocycles. The second-order valence-corrected chi connectivity index (χ2v) is 3.17. The number of pyridine rings is 1. The summed E-state index contributed by atoms with van der Waals surface area (Å²) in [5, 5.41) is 0. The van der Waals surface area contributed by atoms with Crippen LogP contribution < -0.4 is 0 Å². The third-order valence-corrected chi connectivity index (χ3v) is 1.56. The van der Waals surface area contributed by atoms with Crippen LogP contribution in [0.15, 0.2) is 18.3 Å². The van der Waals surface area contributed by atoms with Gasteiger partial charge in [0.25, 0.3) is 0 Å². The molecule has 0 atom stereocenters. The van der Waals surface area contributed by atoms with E-state index in [1.807, 2.05) is 52.9 Å². The summed E-state index contributed by atoms with van der Waals surface area (Å²) in [6.45, 7) is 10.7. The molecule has 0 aromatic carbocycles. The highest BCUT2D eigenvalue weighted by Gasteiger charge is 1.95. The molecule has 1 heterocycles. The van der Waals surface area contributed by atoms with E-state index in [0.717, 1.165) is 11.3 Å². The van der Waals surface area contributed by atoms with Crippen molar-refractivity contribution in [1.29, 1.82) is 0 Å². The zero-order chi connectivity index (χ0) is 11.0. The van der Waals surface area contributed by atoms with Crippen LogP contribution in [0.2, 0.25) is 0 Å². The average Bonchev–Trinajstić information content (AvgIpc) is 2.20. The van der Waals surface area contributed by atoms with Crippen molar-refractivity contribution in [3.8, 4) is 0 Å². The molecule has 0 unspecified atom stereocenters. The highest BCUT2D eigenvalue weighted by molar-refractivity contribution is 5.11. The van der Waals surface area contributed by atoms with Crippen LogP contribution in [0.3, 0.4) is 0 Å². The van der Waals surface area contributed by atoms with E-state index in [1.54, 1.807) is 0 Å². The van der Waals surface area contributed by atoms with Gasteiger partial charge in [0.15, 0.2) is 0 Å². The summed E-state index contributed by atoms with van der Waals surface area (Å²) in [6.07, 6.45) is 2.14. The Labute approximate surface area is 87.3 Å². The molecule has 80 valence electrons. The molecule has 0 N–H and O–H groups in total. The van der Waals surface area contributed by atoms with E-state index in [0.29, 0.717) is 6.61 Å². The van der Waals surface area contributed by atoms with E-state index < -0.39 is 0 Å². The second-order valence-electron chi connectivity index (χ2n) is 3.17. The van der Waals surface area contributed by atoms with Crippen LogP contribution in [0.4, 0.5) is 0 Å². The molecule has 0 radical (unpaired) electrons. The summed E-state index contributed by atoms with van der Waals surface area (Å²) in [4.78, 5) is 4.18. The Morgan fingerprint density at radius 1 is 1.29 bits per heavy atom. The van der Waals surface area contributed by atoms with E-state index in [2.05, 4.69) is 4.98 Å². The van der Waals surface area contributed by atoms with Gasteiger partial charge < -0.3 is 4.74 Å². The van der Waals surface area contributed by atoms with Crippen LogP contribution >= 0.6 is 0 Å². The fourth-order valence-electron chi connectivity index (χ4n) is 0.847. The van der Waals surface area contributed by atoms with Gasteiger partial charge >= 0.3 is 0 Å². The van der Waals surface area contributed by atoms with Crippen LogP contribution in [-0.2, 0) is 11.3 Å². The van der Waals surface area contributed by atoms with Crippen LogP contribution in [0, 0.1) is 6.92 Å². The Morgan fingerprint density at radius 3 is 2.36 bits per heavy atom. The number of ether oxygens (including phenoxy) is 1. The van der Waals surface area contributed by atoms with Crippen LogP contribution in [0.1, 0.15) is 39.0 Å². The van der Waals surface area contributed by atoms with E-state index in [9.17, 15) is 0 Å². The number of hydrogen-bond donors (Lipinski definition) is 0. The summed E-state index contributed by atoms with van der Waals surface area (Å²) >= 11 is 0. The zero-order valence-corrected chi connectivity index (χ0v) is 9.87. The Morgan fingerprint density at radius 2 is 1.93 bits per heavy atom. The molecule has 2 heteroatoms. The van der Waals surface area contributed by atoms with Crippen LogP contribution in [-0.4, -0.2) is 11.1 Å². The number of hydrogen-bond acceptors (Lipinski definition) is 2. The standard InChI is InChI=1S/C10H15NO.C2H6/c1-8(2)12-7-10-5-4-9(3)11-6-10;1-2/h4-6,8H,7H2,1-3H3;1-2H3. The highest BCUT2D eigenvalue weighted by Crippen LogP contribution is 2.02. The molecule has 1 aromatic heterocycles. The van der Waals surface area contributed by atoms with E-state index in [4.69, 9.17) is 4.74 Å². The summed E-state index contributed by atoms with van der Waals surface area (Å²) in [5.74, 6) is 0. The number of aromatic nitrogens is 1. The SMILES string of the molecule is CC.Cc1ccc(COC(C)C)cn1. The first-order valence-corrected chi connectivity index (χ1v) is 5.21. The van der Waals surface area contributed by atoms with Crippen molar-refractivity contribution in [2.75, 3.05) is 0 Å². The lowest BCUT2D eigenvalue weighted by molar-refractivity contribution is 0.0655. The Bertz CT molecular complexity index is 229. The molecular formula is C12H21NO. The molecule has 1 rings (SSSR count). The first-order chi connectivity index (χ1) is 6.68. The molecule has 0 fully saturated rings. The minimum absolute atomic E-state index is 0.284. The van der Waals surface area contributed by atoms with Gasteiger partial charge in [-0.2, -0.15) is 0 Å². The predicted octanol–water partition coefficient (Wildman–Crippen LogP) is 3.34. The first-order valence-electron chi connectivity index (χ1n) is 5.21. The minimum Gasteiger partial charge on any atom is -0.374 e. The number of rotatable bonds is 3. The lowest BCUT2D eigenvalue weighted by atomic mass is 10.3. The Kier molecular flexibility index (Phi) is 7.03. The van der Waals surface area contributed by atoms with Crippen molar-refractivity contribution < 1.29 is 4.74 Å². The topological polar surface area (TPSA) is 22.1 Å². The summed E-state index contributed by atoms with van der Waals surface area (Å²) in [7, 11) is 0. The molecule has 0 bridgehead atoms. The molecule has 0 aliphatic carbocycles. The van der Waals surface area contributed by atoms with Crippen molar-refractivity contribution in [3.05, 3.63) is 29.6 Å². The maximum atomic E-state index is 5.43. The van der Waals surface area contributed by atoms with Crippen molar-refractivity contribution in [2.45, 2.75) is 47.3 Å². The third-order valence-electron chi connectivity index (χ3n) is 1.56. The Hall–Kier alpha value is -0.890. The van der Waals surface area contributed by atoms with Gasteiger partial charge in [-0.1, -0.05) is 19.9 Å². The van der Waals surface area contributed by atoms with Crippen LogP contribution in [0.5, 0.6) is 0 Å². The second kappa shape index (κ2) is 7.51. The van der Waals surface area contributed by atoms with Gasteiger partial charge in [0.2, 0.25) is 0 Å². The van der Waals surface area contributed by atoms with Crippen LogP contribution in [0.25, 0.3) is 0 Å². The summed E-state index contributed by atoms with van der Waals surface area (Å²) < 4.78 is 5.43. The fraction of sp³-hybridized carbons (Fsp3) is 0.583. The van der Waals surface area contributed by atoms with Gasteiger partial charge in [-0.15, -0.1) is 0 Å². The molecule has 0 aliphatic rings. The monoisotopic (exact) mass is 195 g/mol. The molecule has 0 saturated carbocycles. The van der Waals surface area contributed by atoms with Gasteiger partial charge in [0.05, 0.1) is 12.7 Å². The smallest absolute Gasteiger partial charge is 0.0735 e. The third kappa shape index (κ3) is 5.70. The van der Waals surface area contributed by atoms with E-state index >= 15 is 0 Å². The number of nitrogens with zero attached hydrogens (tertiary/aromatic N) is 1. The number of aryl methyl sites for hydroxylation is 1. The summed E-state index contributed by atoms with van der Waals surface area (Å²) in [6, 6.07) is 4.05. The van der Waals surface area contributed by atoms with Crippen molar-refractivity contribution in [3.63, 3.8) is 0 Å². The van der Waals surface area contributed by atoms with Gasteiger partial charge in [-0.05, 0) is 32.4 Å². The molecule has 0 spiro atoms. The highest BCUT2D eigenvalue weighted by atomic mass is 16.5. The van der Waals surface area contributed by atoms with Crippen molar-refractivity contribution in [2.24, 2.45) is 0 Å². The quantitative estimate of drug-likeness (QED) is 0.738. The maximum absolute atomic E-state index is 5.43. The Balaban J connectivity index is 0.000000791. The fourth-order valence-corrected chi connectivity index (χ4v) is 0.847. The molecular weight excluding hydrogens is 174 g/mol. The first kappa shape index (κ1) is 13.1. The van der Waals surface area contributed by atoms with Crippen molar-refractivity contribution >= 4 is 0 Å². The lowest BCUT2D eigenvalue weighted by Crippen LogP contribution is -2.02. The van der Waals surface area contributed by atoms with Gasteiger partial charge in [-0.25, -0.2) is 0 Å². The largest absolute Gasteiger partial charge is 0.374 e. The molecule has 14 heavy (non-hydrogen) atoms. The minimum atomic E-state index is 0.284. The van der Waals surface area contributed by atoms with Gasteiger partial charge in [0.1, 0.15) is 0 Å². The van der Waals surface area contributed by atoms with Gasteiger partial charge in [-0.3, -0.25) is 4.98 Å².